The van der Waals surface area contributed by atoms with Gasteiger partial charge >= 0.3 is 0 Å². The summed E-state index contributed by atoms with van der Waals surface area (Å²) in [6.07, 6.45) is 0.989. The van der Waals surface area contributed by atoms with Crippen molar-refractivity contribution in [3.05, 3.63) is 29.8 Å². The summed E-state index contributed by atoms with van der Waals surface area (Å²) in [5, 5.41) is 0. The number of rotatable bonds is 4. The number of likely N-dealkylation sites (N-methyl/N-ethyl adjacent to an activating group) is 1. The van der Waals surface area contributed by atoms with Crippen molar-refractivity contribution in [2.24, 2.45) is 11.7 Å². The number of hydrogen-bond donors (Lipinski definition) is 1. The average Bonchev–Trinajstić information content (AvgIpc) is 2.80. The third-order valence-corrected chi connectivity index (χ3v) is 4.36. The van der Waals surface area contributed by atoms with Crippen LogP contribution in [-0.4, -0.2) is 38.1 Å². The van der Waals surface area contributed by atoms with Crippen LogP contribution in [0.15, 0.2) is 24.3 Å². The maximum atomic E-state index is 6.06. The number of benzene rings is 1. The quantitative estimate of drug-likeness (QED) is 0.904. The molecule has 0 bridgehead atoms. The molecule has 1 aliphatic rings. The summed E-state index contributed by atoms with van der Waals surface area (Å²) in [5.74, 6) is 0.715. The second-order valence-corrected chi connectivity index (χ2v) is 6.02. The van der Waals surface area contributed by atoms with Gasteiger partial charge in [-0.2, -0.15) is 0 Å². The molecule has 3 atom stereocenters. The molecule has 0 aliphatic carbocycles. The lowest BCUT2D eigenvalue weighted by molar-refractivity contribution is 0.266. The van der Waals surface area contributed by atoms with Gasteiger partial charge in [-0.15, -0.1) is 0 Å². The molecule has 1 aromatic carbocycles. The van der Waals surface area contributed by atoms with Gasteiger partial charge in [0.25, 0.3) is 0 Å². The molecule has 1 saturated heterocycles. The first-order valence-corrected chi connectivity index (χ1v) is 7.29. The zero-order valence-corrected chi connectivity index (χ0v) is 12.6. The van der Waals surface area contributed by atoms with Crippen LogP contribution in [0.4, 0.5) is 5.69 Å². The predicted octanol–water partition coefficient (Wildman–Crippen LogP) is 2.48. The van der Waals surface area contributed by atoms with Gasteiger partial charge in [-0.05, 0) is 44.1 Å². The highest BCUT2D eigenvalue weighted by molar-refractivity contribution is 5.49. The summed E-state index contributed by atoms with van der Waals surface area (Å²) in [6, 6.07) is 9.61. The summed E-state index contributed by atoms with van der Waals surface area (Å²) in [6.45, 7) is 6.73. The van der Waals surface area contributed by atoms with Gasteiger partial charge in [0, 0.05) is 30.9 Å². The Morgan fingerprint density at radius 3 is 2.37 bits per heavy atom. The van der Waals surface area contributed by atoms with E-state index in [-0.39, 0.29) is 6.04 Å². The Balaban J connectivity index is 2.07. The lowest BCUT2D eigenvalue weighted by atomic mass is 10.1. The molecular formula is C16H27N3. The third-order valence-electron chi connectivity index (χ3n) is 4.36. The number of anilines is 1. The van der Waals surface area contributed by atoms with E-state index in [1.807, 2.05) is 0 Å². The van der Waals surface area contributed by atoms with E-state index in [9.17, 15) is 0 Å². The number of nitrogens with two attached hydrogens (primary N) is 1. The molecule has 0 saturated carbocycles. The fourth-order valence-electron chi connectivity index (χ4n) is 3.00. The van der Waals surface area contributed by atoms with E-state index in [4.69, 9.17) is 5.73 Å². The van der Waals surface area contributed by atoms with Crippen LogP contribution in [0.3, 0.4) is 0 Å². The van der Waals surface area contributed by atoms with Crippen molar-refractivity contribution in [3.63, 3.8) is 0 Å². The van der Waals surface area contributed by atoms with Gasteiger partial charge in [-0.1, -0.05) is 26.0 Å². The first kappa shape index (κ1) is 14.4. The first-order valence-electron chi connectivity index (χ1n) is 7.29. The Kier molecular flexibility index (Phi) is 4.48. The maximum absolute atomic E-state index is 6.06. The summed E-state index contributed by atoms with van der Waals surface area (Å²) >= 11 is 0. The Morgan fingerprint density at radius 2 is 1.89 bits per heavy atom. The maximum Gasteiger partial charge on any atom is 0.0367 e. The smallest absolute Gasteiger partial charge is 0.0367 e. The molecule has 0 radical (unpaired) electrons. The normalized spacial score (nSPS) is 25.1. The monoisotopic (exact) mass is 261 g/mol. The van der Waals surface area contributed by atoms with Crippen LogP contribution in [0.1, 0.15) is 31.9 Å². The highest BCUT2D eigenvalue weighted by Crippen LogP contribution is 2.27. The lowest BCUT2D eigenvalue weighted by Gasteiger charge is -2.23. The SMILES string of the molecule is CCC(N)c1ccc(N2CC(C)C(N(C)C)C2)cc1. The Labute approximate surface area is 117 Å². The van der Waals surface area contributed by atoms with Crippen molar-refractivity contribution in [1.82, 2.24) is 4.90 Å². The molecule has 0 spiro atoms. The van der Waals surface area contributed by atoms with Crippen molar-refractivity contribution >= 4 is 5.69 Å². The highest BCUT2D eigenvalue weighted by atomic mass is 15.2. The first-order chi connectivity index (χ1) is 9.02. The molecule has 2 rings (SSSR count). The molecule has 1 heterocycles. The minimum atomic E-state index is 0.168. The van der Waals surface area contributed by atoms with E-state index in [1.165, 1.54) is 11.3 Å². The van der Waals surface area contributed by atoms with Crippen molar-refractivity contribution in [2.75, 3.05) is 32.1 Å². The molecule has 106 valence electrons. The fraction of sp³-hybridized carbons (Fsp3) is 0.625. The summed E-state index contributed by atoms with van der Waals surface area (Å²) in [7, 11) is 4.35. The molecule has 0 aromatic heterocycles. The average molecular weight is 261 g/mol. The van der Waals surface area contributed by atoms with Crippen molar-refractivity contribution in [3.8, 4) is 0 Å². The van der Waals surface area contributed by atoms with Crippen molar-refractivity contribution in [1.29, 1.82) is 0 Å². The summed E-state index contributed by atoms with van der Waals surface area (Å²) < 4.78 is 0. The molecule has 1 fully saturated rings. The fourth-order valence-corrected chi connectivity index (χ4v) is 3.00. The zero-order valence-electron chi connectivity index (χ0n) is 12.6. The molecule has 3 nitrogen and oxygen atoms in total. The van der Waals surface area contributed by atoms with Crippen LogP contribution in [-0.2, 0) is 0 Å². The molecule has 1 aromatic rings. The summed E-state index contributed by atoms with van der Waals surface area (Å²) in [4.78, 5) is 4.82. The highest BCUT2D eigenvalue weighted by Gasteiger charge is 2.30. The molecular weight excluding hydrogens is 234 g/mol. The van der Waals surface area contributed by atoms with E-state index < -0.39 is 0 Å². The van der Waals surface area contributed by atoms with E-state index >= 15 is 0 Å². The minimum absolute atomic E-state index is 0.168. The van der Waals surface area contributed by atoms with Gasteiger partial charge in [0.15, 0.2) is 0 Å². The van der Waals surface area contributed by atoms with Crippen LogP contribution in [0.25, 0.3) is 0 Å². The van der Waals surface area contributed by atoms with E-state index in [0.717, 1.165) is 19.5 Å². The number of nitrogens with zero attached hydrogens (tertiary/aromatic N) is 2. The topological polar surface area (TPSA) is 32.5 Å². The second-order valence-electron chi connectivity index (χ2n) is 6.02. The lowest BCUT2D eigenvalue weighted by Crippen LogP contribution is -2.34. The third kappa shape index (κ3) is 3.10. The van der Waals surface area contributed by atoms with E-state index in [0.29, 0.717) is 12.0 Å². The Bertz CT molecular complexity index is 399. The Hall–Kier alpha value is -1.06. The molecule has 19 heavy (non-hydrogen) atoms. The van der Waals surface area contributed by atoms with Crippen LogP contribution < -0.4 is 10.6 Å². The zero-order chi connectivity index (χ0) is 14.0. The Morgan fingerprint density at radius 1 is 1.26 bits per heavy atom. The minimum Gasteiger partial charge on any atom is -0.370 e. The van der Waals surface area contributed by atoms with Crippen molar-refractivity contribution in [2.45, 2.75) is 32.4 Å². The van der Waals surface area contributed by atoms with Gasteiger partial charge in [0.1, 0.15) is 0 Å². The van der Waals surface area contributed by atoms with Gasteiger partial charge in [0.2, 0.25) is 0 Å². The molecule has 0 amide bonds. The second kappa shape index (κ2) is 5.93. The predicted molar refractivity (Wildman–Crippen MR) is 82.5 cm³/mol. The summed E-state index contributed by atoms with van der Waals surface area (Å²) in [5.41, 5.74) is 8.62. The van der Waals surface area contributed by atoms with Gasteiger partial charge < -0.3 is 15.5 Å². The molecule has 3 unspecified atom stereocenters. The standard InChI is InChI=1S/C16H27N3/c1-5-15(17)13-6-8-14(9-7-13)19-10-12(2)16(11-19)18(3)4/h6-9,12,15-16H,5,10-11,17H2,1-4H3. The molecule has 3 heteroatoms. The van der Waals surface area contributed by atoms with Crippen LogP contribution >= 0.6 is 0 Å². The van der Waals surface area contributed by atoms with Crippen LogP contribution in [0.2, 0.25) is 0 Å². The number of hydrogen-bond acceptors (Lipinski definition) is 3. The van der Waals surface area contributed by atoms with Gasteiger partial charge in [0.05, 0.1) is 0 Å². The largest absolute Gasteiger partial charge is 0.370 e. The van der Waals surface area contributed by atoms with Crippen LogP contribution in [0.5, 0.6) is 0 Å². The van der Waals surface area contributed by atoms with Crippen LogP contribution in [0, 0.1) is 5.92 Å². The molecule has 1 aliphatic heterocycles. The van der Waals surface area contributed by atoms with E-state index in [2.05, 4.69) is 62.0 Å². The van der Waals surface area contributed by atoms with E-state index in [1.54, 1.807) is 0 Å². The van der Waals surface area contributed by atoms with Gasteiger partial charge in [-0.3, -0.25) is 0 Å². The van der Waals surface area contributed by atoms with Crippen molar-refractivity contribution < 1.29 is 0 Å². The van der Waals surface area contributed by atoms with Gasteiger partial charge in [-0.25, -0.2) is 0 Å². The molecule has 2 N–H and O–H groups in total.